The molecule has 3 atom stereocenters. The number of nitrogens with zero attached hydrogens (tertiary/aromatic N) is 1. The van der Waals surface area contributed by atoms with Gasteiger partial charge in [0.05, 0.1) is 12.0 Å². The number of hydrogen-bond donors (Lipinski definition) is 1. The molecule has 90 valence electrons. The zero-order valence-electron chi connectivity index (χ0n) is 10.1. The highest BCUT2D eigenvalue weighted by Gasteiger charge is 2.41. The molecule has 0 saturated heterocycles. The van der Waals surface area contributed by atoms with Crippen LogP contribution >= 0.6 is 0 Å². The Bertz CT molecular complexity index is 330. The maximum atomic E-state index is 10.9. The summed E-state index contributed by atoms with van der Waals surface area (Å²) in [5.41, 5.74) is -0.0734. The van der Waals surface area contributed by atoms with E-state index in [-0.39, 0.29) is 23.5 Å². The molecule has 0 aromatic heterocycles. The van der Waals surface area contributed by atoms with Gasteiger partial charge in [-0.1, -0.05) is 20.8 Å². The quantitative estimate of drug-likeness (QED) is 0.743. The molecule has 1 heterocycles. The SMILES string of the molecule is CC(C)(C)C1=NC2CCC(C(=O)O)CC2O1. The summed E-state index contributed by atoms with van der Waals surface area (Å²) in [6.07, 6.45) is 2.15. The Balaban J connectivity index is 2.05. The summed E-state index contributed by atoms with van der Waals surface area (Å²) in [6, 6.07) is 0.185. The van der Waals surface area contributed by atoms with Crippen molar-refractivity contribution in [2.24, 2.45) is 16.3 Å². The van der Waals surface area contributed by atoms with Crippen LogP contribution in [0.4, 0.5) is 0 Å². The van der Waals surface area contributed by atoms with Crippen LogP contribution in [0.25, 0.3) is 0 Å². The molecule has 0 radical (unpaired) electrons. The molecule has 0 aromatic carbocycles. The molecule has 2 rings (SSSR count). The summed E-state index contributed by atoms with van der Waals surface area (Å²) in [4.78, 5) is 15.5. The fourth-order valence-electron chi connectivity index (χ4n) is 2.31. The first-order valence-corrected chi connectivity index (χ1v) is 5.85. The van der Waals surface area contributed by atoms with Gasteiger partial charge in [0.1, 0.15) is 6.10 Å². The van der Waals surface area contributed by atoms with Crippen molar-refractivity contribution < 1.29 is 14.6 Å². The van der Waals surface area contributed by atoms with Crippen LogP contribution in [-0.4, -0.2) is 29.1 Å². The number of aliphatic imine (C=N–C) groups is 1. The summed E-state index contributed by atoms with van der Waals surface area (Å²) in [6.45, 7) is 6.20. The molecular weight excluding hydrogens is 206 g/mol. The lowest BCUT2D eigenvalue weighted by atomic mass is 9.84. The van der Waals surface area contributed by atoms with Gasteiger partial charge in [0.25, 0.3) is 0 Å². The Hall–Kier alpha value is -1.06. The molecule has 2 aliphatic rings. The van der Waals surface area contributed by atoms with Crippen LogP contribution in [0, 0.1) is 11.3 Å². The van der Waals surface area contributed by atoms with Crippen LogP contribution in [0.2, 0.25) is 0 Å². The Labute approximate surface area is 95.7 Å². The van der Waals surface area contributed by atoms with Crippen molar-refractivity contribution in [3.05, 3.63) is 0 Å². The van der Waals surface area contributed by atoms with Crippen molar-refractivity contribution >= 4 is 11.9 Å². The highest BCUT2D eigenvalue weighted by molar-refractivity contribution is 5.83. The van der Waals surface area contributed by atoms with Gasteiger partial charge in [-0.05, 0) is 19.3 Å². The highest BCUT2D eigenvalue weighted by atomic mass is 16.5. The summed E-state index contributed by atoms with van der Waals surface area (Å²) in [5, 5.41) is 8.99. The molecule has 1 aliphatic heterocycles. The lowest BCUT2D eigenvalue weighted by Crippen LogP contribution is -2.34. The van der Waals surface area contributed by atoms with Crippen molar-refractivity contribution in [1.82, 2.24) is 0 Å². The monoisotopic (exact) mass is 225 g/mol. The van der Waals surface area contributed by atoms with E-state index in [2.05, 4.69) is 25.8 Å². The normalized spacial score (nSPS) is 33.9. The maximum Gasteiger partial charge on any atom is 0.306 e. The average Bonchev–Trinajstić information content (AvgIpc) is 2.58. The van der Waals surface area contributed by atoms with Gasteiger partial charge < -0.3 is 9.84 Å². The number of carbonyl (C=O) groups is 1. The third-order valence-corrected chi connectivity index (χ3v) is 3.29. The lowest BCUT2D eigenvalue weighted by molar-refractivity contribution is -0.144. The van der Waals surface area contributed by atoms with Crippen LogP contribution in [0.1, 0.15) is 40.0 Å². The molecule has 1 saturated carbocycles. The van der Waals surface area contributed by atoms with Crippen LogP contribution in [0.15, 0.2) is 4.99 Å². The van der Waals surface area contributed by atoms with Gasteiger partial charge in [0.2, 0.25) is 0 Å². The first-order chi connectivity index (χ1) is 7.38. The number of fused-ring (bicyclic) bond motifs is 1. The molecule has 4 heteroatoms. The van der Waals surface area contributed by atoms with Crippen LogP contribution in [0.3, 0.4) is 0 Å². The van der Waals surface area contributed by atoms with Gasteiger partial charge in [-0.25, -0.2) is 4.99 Å². The second-order valence-electron chi connectivity index (χ2n) is 5.76. The molecule has 16 heavy (non-hydrogen) atoms. The zero-order chi connectivity index (χ0) is 11.9. The number of carboxylic acids is 1. The standard InChI is InChI=1S/C12H19NO3/c1-12(2,3)11-13-8-5-4-7(10(14)15)6-9(8)16-11/h7-9H,4-6H2,1-3H3,(H,14,15). The third-order valence-electron chi connectivity index (χ3n) is 3.29. The minimum atomic E-state index is -0.703. The summed E-state index contributed by atoms with van der Waals surface area (Å²) < 4.78 is 5.80. The van der Waals surface area contributed by atoms with E-state index in [0.29, 0.717) is 6.42 Å². The molecule has 1 N–H and O–H groups in total. The van der Waals surface area contributed by atoms with Crippen molar-refractivity contribution in [1.29, 1.82) is 0 Å². The van der Waals surface area contributed by atoms with Gasteiger partial charge in [-0.3, -0.25) is 4.79 Å². The topological polar surface area (TPSA) is 58.9 Å². The van der Waals surface area contributed by atoms with Gasteiger partial charge >= 0.3 is 5.97 Å². The summed E-state index contributed by atoms with van der Waals surface area (Å²) >= 11 is 0. The molecule has 0 spiro atoms. The minimum Gasteiger partial charge on any atom is -0.481 e. The van der Waals surface area contributed by atoms with Crippen molar-refractivity contribution in [2.45, 2.75) is 52.2 Å². The van der Waals surface area contributed by atoms with E-state index in [4.69, 9.17) is 9.84 Å². The van der Waals surface area contributed by atoms with Crippen LogP contribution < -0.4 is 0 Å². The van der Waals surface area contributed by atoms with E-state index < -0.39 is 5.97 Å². The zero-order valence-corrected chi connectivity index (χ0v) is 10.1. The predicted molar refractivity (Wildman–Crippen MR) is 60.5 cm³/mol. The number of hydrogen-bond acceptors (Lipinski definition) is 3. The number of aliphatic carboxylic acids is 1. The smallest absolute Gasteiger partial charge is 0.306 e. The molecule has 0 amide bonds. The van der Waals surface area contributed by atoms with E-state index >= 15 is 0 Å². The summed E-state index contributed by atoms with van der Waals surface area (Å²) in [7, 11) is 0. The summed E-state index contributed by atoms with van der Waals surface area (Å²) in [5.74, 6) is -0.171. The number of rotatable bonds is 1. The first kappa shape index (κ1) is 11.4. The largest absolute Gasteiger partial charge is 0.481 e. The fourth-order valence-corrected chi connectivity index (χ4v) is 2.31. The van der Waals surface area contributed by atoms with E-state index in [1.165, 1.54) is 0 Å². The predicted octanol–water partition coefficient (Wildman–Crippen LogP) is 2.08. The maximum absolute atomic E-state index is 10.9. The fraction of sp³-hybridized carbons (Fsp3) is 0.833. The minimum absolute atomic E-state index is 0.0101. The second kappa shape index (κ2) is 3.75. The molecular formula is C12H19NO3. The number of carboxylic acid groups (broad SMARTS) is 1. The second-order valence-corrected chi connectivity index (χ2v) is 5.76. The van der Waals surface area contributed by atoms with Gasteiger partial charge in [-0.15, -0.1) is 0 Å². The van der Waals surface area contributed by atoms with E-state index in [9.17, 15) is 4.79 Å². The van der Waals surface area contributed by atoms with Crippen LogP contribution in [0.5, 0.6) is 0 Å². The van der Waals surface area contributed by atoms with Crippen molar-refractivity contribution in [3.8, 4) is 0 Å². The Kier molecular flexibility index (Phi) is 2.68. The molecule has 1 fully saturated rings. The Morgan fingerprint density at radius 2 is 2.12 bits per heavy atom. The highest BCUT2D eigenvalue weighted by Crippen LogP contribution is 2.35. The molecule has 4 nitrogen and oxygen atoms in total. The average molecular weight is 225 g/mol. The molecule has 1 aliphatic carbocycles. The van der Waals surface area contributed by atoms with Crippen molar-refractivity contribution in [3.63, 3.8) is 0 Å². The first-order valence-electron chi connectivity index (χ1n) is 5.85. The van der Waals surface area contributed by atoms with E-state index in [0.717, 1.165) is 18.7 Å². The van der Waals surface area contributed by atoms with Gasteiger partial charge in [-0.2, -0.15) is 0 Å². The molecule has 3 unspecified atom stereocenters. The van der Waals surface area contributed by atoms with Gasteiger partial charge in [0.15, 0.2) is 5.90 Å². The van der Waals surface area contributed by atoms with Crippen molar-refractivity contribution in [2.75, 3.05) is 0 Å². The Morgan fingerprint density at radius 3 is 2.69 bits per heavy atom. The third kappa shape index (κ3) is 2.06. The molecule has 0 bridgehead atoms. The van der Waals surface area contributed by atoms with E-state index in [1.54, 1.807) is 0 Å². The number of ether oxygens (including phenoxy) is 1. The van der Waals surface area contributed by atoms with E-state index in [1.807, 2.05) is 0 Å². The van der Waals surface area contributed by atoms with Gasteiger partial charge in [0, 0.05) is 5.41 Å². The molecule has 0 aromatic rings. The van der Waals surface area contributed by atoms with Crippen LogP contribution in [-0.2, 0) is 9.53 Å². The lowest BCUT2D eigenvalue weighted by Gasteiger charge is -2.27. The Morgan fingerprint density at radius 1 is 1.44 bits per heavy atom.